The van der Waals surface area contributed by atoms with Gasteiger partial charge in [0.2, 0.25) is 10.0 Å². The highest BCUT2D eigenvalue weighted by atomic mass is 32.2. The molecule has 0 heterocycles. The third-order valence-corrected chi connectivity index (χ3v) is 4.52. The molecule has 2 rings (SSSR count). The summed E-state index contributed by atoms with van der Waals surface area (Å²) >= 11 is 0. The van der Waals surface area contributed by atoms with E-state index in [9.17, 15) is 17.2 Å². The monoisotopic (exact) mass is 327 g/mol. The number of methoxy groups -OCH3 is 1. The van der Waals surface area contributed by atoms with Gasteiger partial charge in [0.05, 0.1) is 7.11 Å². The van der Waals surface area contributed by atoms with Crippen LogP contribution in [-0.2, 0) is 16.4 Å². The van der Waals surface area contributed by atoms with Gasteiger partial charge < -0.3 is 4.74 Å². The summed E-state index contributed by atoms with van der Waals surface area (Å²) in [5.41, 5.74) is 0.787. The molecular weight excluding hydrogens is 312 g/mol. The Hall–Kier alpha value is -1.99. The van der Waals surface area contributed by atoms with Crippen molar-refractivity contribution >= 4 is 10.0 Å². The van der Waals surface area contributed by atoms with Crippen molar-refractivity contribution in [2.75, 3.05) is 13.7 Å². The number of hydrogen-bond acceptors (Lipinski definition) is 3. The van der Waals surface area contributed by atoms with E-state index in [0.717, 1.165) is 17.7 Å². The number of sulfonamides is 1. The smallest absolute Gasteiger partial charge is 0.244 e. The normalized spacial score (nSPS) is 11.4. The van der Waals surface area contributed by atoms with Gasteiger partial charge in [-0.25, -0.2) is 21.9 Å². The molecular formula is C15H15F2NO3S. The molecule has 1 N–H and O–H groups in total. The first-order valence-electron chi connectivity index (χ1n) is 6.50. The Labute approximate surface area is 127 Å². The zero-order valence-corrected chi connectivity index (χ0v) is 12.7. The molecule has 2 aromatic rings. The van der Waals surface area contributed by atoms with Crippen molar-refractivity contribution in [3.63, 3.8) is 0 Å². The molecule has 0 fully saturated rings. The van der Waals surface area contributed by atoms with Crippen LogP contribution in [0.1, 0.15) is 5.56 Å². The van der Waals surface area contributed by atoms with Crippen molar-refractivity contribution in [1.29, 1.82) is 0 Å². The van der Waals surface area contributed by atoms with Crippen LogP contribution in [0.15, 0.2) is 47.4 Å². The molecule has 0 bridgehead atoms. The van der Waals surface area contributed by atoms with E-state index in [-0.39, 0.29) is 23.0 Å². The van der Waals surface area contributed by atoms with Crippen LogP contribution in [0.2, 0.25) is 0 Å². The van der Waals surface area contributed by atoms with E-state index in [1.807, 2.05) is 0 Å². The van der Waals surface area contributed by atoms with Crippen molar-refractivity contribution in [2.24, 2.45) is 0 Å². The molecule has 7 heteroatoms. The highest BCUT2D eigenvalue weighted by molar-refractivity contribution is 7.89. The molecule has 0 spiro atoms. The van der Waals surface area contributed by atoms with Crippen molar-refractivity contribution in [3.05, 3.63) is 59.7 Å². The highest BCUT2D eigenvalue weighted by Gasteiger charge is 2.19. The summed E-state index contributed by atoms with van der Waals surface area (Å²) in [5, 5.41) is 0. The topological polar surface area (TPSA) is 55.4 Å². The van der Waals surface area contributed by atoms with Gasteiger partial charge in [-0.2, -0.15) is 0 Å². The minimum Gasteiger partial charge on any atom is -0.495 e. The fourth-order valence-electron chi connectivity index (χ4n) is 1.92. The van der Waals surface area contributed by atoms with E-state index in [2.05, 4.69) is 4.72 Å². The first-order valence-corrected chi connectivity index (χ1v) is 7.98. The summed E-state index contributed by atoms with van der Waals surface area (Å²) in [5.74, 6) is -0.954. The Balaban J connectivity index is 2.08. The molecule has 0 atom stereocenters. The second-order valence-corrected chi connectivity index (χ2v) is 6.30. The molecule has 0 saturated carbocycles. The molecule has 0 saturated heterocycles. The van der Waals surface area contributed by atoms with Crippen LogP contribution >= 0.6 is 0 Å². The van der Waals surface area contributed by atoms with Gasteiger partial charge in [0, 0.05) is 6.54 Å². The lowest BCUT2D eigenvalue weighted by Gasteiger charge is -2.10. The molecule has 0 amide bonds. The molecule has 0 aliphatic heterocycles. The van der Waals surface area contributed by atoms with Gasteiger partial charge in [0.25, 0.3) is 0 Å². The summed E-state index contributed by atoms with van der Waals surface area (Å²) in [6.45, 7) is 0.105. The van der Waals surface area contributed by atoms with E-state index in [1.54, 1.807) is 12.1 Å². The first kappa shape index (κ1) is 16.4. The first-order chi connectivity index (χ1) is 10.4. The second kappa shape index (κ2) is 6.85. The number of hydrogen-bond donors (Lipinski definition) is 1. The Bertz CT molecular complexity index is 746. The maximum atomic E-state index is 13.3. The van der Waals surface area contributed by atoms with Crippen molar-refractivity contribution in [2.45, 2.75) is 11.3 Å². The third kappa shape index (κ3) is 4.02. The molecule has 22 heavy (non-hydrogen) atoms. The summed E-state index contributed by atoms with van der Waals surface area (Å²) in [6.07, 6.45) is 0.386. The fraction of sp³-hybridized carbons (Fsp3) is 0.200. The maximum absolute atomic E-state index is 13.3. The van der Waals surface area contributed by atoms with E-state index in [4.69, 9.17) is 4.74 Å². The Kier molecular flexibility index (Phi) is 5.10. The maximum Gasteiger partial charge on any atom is 0.244 e. The fourth-order valence-corrected chi connectivity index (χ4v) is 3.13. The van der Waals surface area contributed by atoms with Gasteiger partial charge >= 0.3 is 0 Å². The largest absolute Gasteiger partial charge is 0.495 e. The zero-order valence-electron chi connectivity index (χ0n) is 11.8. The predicted octanol–water partition coefficient (Wildman–Crippen LogP) is 2.49. The number of ether oxygens (including phenoxy) is 1. The van der Waals surface area contributed by atoms with E-state index in [1.165, 1.54) is 25.3 Å². The lowest BCUT2D eigenvalue weighted by Crippen LogP contribution is -2.26. The van der Waals surface area contributed by atoms with Crippen LogP contribution in [0.3, 0.4) is 0 Å². The van der Waals surface area contributed by atoms with Crippen LogP contribution in [0, 0.1) is 11.6 Å². The number of nitrogens with one attached hydrogen (secondary N) is 1. The number of rotatable bonds is 6. The average molecular weight is 327 g/mol. The summed E-state index contributed by atoms with van der Waals surface area (Å²) in [7, 11) is -2.58. The SMILES string of the molecule is COc1ccc(F)cc1S(=O)(=O)NCCc1ccc(F)cc1. The minimum atomic E-state index is -3.89. The molecule has 0 aromatic heterocycles. The Morgan fingerprint density at radius 2 is 1.68 bits per heavy atom. The Morgan fingerprint density at radius 3 is 2.32 bits per heavy atom. The quantitative estimate of drug-likeness (QED) is 0.887. The van der Waals surface area contributed by atoms with Gasteiger partial charge in [-0.15, -0.1) is 0 Å². The average Bonchev–Trinajstić information content (AvgIpc) is 2.49. The van der Waals surface area contributed by atoms with Crippen molar-refractivity contribution in [1.82, 2.24) is 4.72 Å². The standard InChI is InChI=1S/C15H15F2NO3S/c1-21-14-7-6-13(17)10-15(14)22(19,20)18-9-8-11-2-4-12(16)5-3-11/h2-7,10,18H,8-9H2,1H3. The van der Waals surface area contributed by atoms with E-state index < -0.39 is 15.8 Å². The lowest BCUT2D eigenvalue weighted by molar-refractivity contribution is 0.400. The van der Waals surface area contributed by atoms with Crippen LogP contribution in [0.25, 0.3) is 0 Å². The summed E-state index contributed by atoms with van der Waals surface area (Å²) in [4.78, 5) is -0.255. The molecule has 4 nitrogen and oxygen atoms in total. The van der Waals surface area contributed by atoms with Crippen molar-refractivity contribution in [3.8, 4) is 5.75 Å². The van der Waals surface area contributed by atoms with Gasteiger partial charge in [-0.1, -0.05) is 12.1 Å². The highest BCUT2D eigenvalue weighted by Crippen LogP contribution is 2.24. The molecule has 2 aromatic carbocycles. The predicted molar refractivity (Wildman–Crippen MR) is 78.2 cm³/mol. The number of benzene rings is 2. The van der Waals surface area contributed by atoms with Crippen LogP contribution in [0.5, 0.6) is 5.75 Å². The van der Waals surface area contributed by atoms with Gasteiger partial charge in [-0.3, -0.25) is 0 Å². The van der Waals surface area contributed by atoms with E-state index >= 15 is 0 Å². The second-order valence-electron chi connectivity index (χ2n) is 4.57. The van der Waals surface area contributed by atoms with Gasteiger partial charge in [0.15, 0.2) is 0 Å². The van der Waals surface area contributed by atoms with Crippen LogP contribution in [-0.4, -0.2) is 22.1 Å². The third-order valence-electron chi connectivity index (χ3n) is 3.03. The lowest BCUT2D eigenvalue weighted by atomic mass is 10.1. The molecule has 0 aliphatic carbocycles. The molecule has 0 aliphatic rings. The zero-order chi connectivity index (χ0) is 16.2. The van der Waals surface area contributed by atoms with Gasteiger partial charge in [0.1, 0.15) is 22.3 Å². The molecule has 118 valence electrons. The summed E-state index contributed by atoms with van der Waals surface area (Å²) < 4.78 is 57.7. The number of halogens is 2. The van der Waals surface area contributed by atoms with Crippen molar-refractivity contribution < 1.29 is 21.9 Å². The minimum absolute atomic E-state index is 0.0654. The molecule has 0 unspecified atom stereocenters. The summed E-state index contributed by atoms with van der Waals surface area (Å²) in [6, 6.07) is 9.04. The Morgan fingerprint density at radius 1 is 1.05 bits per heavy atom. The molecule has 0 radical (unpaired) electrons. The van der Waals surface area contributed by atoms with E-state index in [0.29, 0.717) is 6.42 Å². The van der Waals surface area contributed by atoms with Gasteiger partial charge in [-0.05, 0) is 42.3 Å². The van der Waals surface area contributed by atoms with Crippen LogP contribution < -0.4 is 9.46 Å². The van der Waals surface area contributed by atoms with Crippen LogP contribution in [0.4, 0.5) is 8.78 Å².